The Labute approximate surface area is 108 Å². The molecule has 0 aliphatic rings. The molecule has 0 saturated carbocycles. The van der Waals surface area contributed by atoms with E-state index in [9.17, 15) is 0 Å². The molecule has 0 heterocycles. The summed E-state index contributed by atoms with van der Waals surface area (Å²) in [5.74, 6) is 0. The van der Waals surface area contributed by atoms with Crippen LogP contribution in [-0.2, 0) is 9.47 Å². The monoisotopic (exact) mass is 266 g/mol. The maximum absolute atomic E-state index is 5.50. The molecule has 0 aromatic carbocycles. The minimum Gasteiger partial charge on any atom is -0.379 e. The molecule has 0 aliphatic carbocycles. The fourth-order valence-electron chi connectivity index (χ4n) is 1.06. The van der Waals surface area contributed by atoms with E-state index >= 15 is 0 Å². The van der Waals surface area contributed by atoms with Crippen LogP contribution in [0, 0.1) is 0 Å². The van der Waals surface area contributed by atoms with E-state index in [0.717, 1.165) is 19.4 Å². The molecule has 0 saturated heterocycles. The predicted molar refractivity (Wildman–Crippen MR) is 70.1 cm³/mol. The van der Waals surface area contributed by atoms with Crippen LogP contribution in [0.25, 0.3) is 0 Å². The van der Waals surface area contributed by atoms with Crippen molar-refractivity contribution in [2.45, 2.75) is 26.7 Å². The number of ether oxygens (including phenoxy) is 2. The van der Waals surface area contributed by atoms with E-state index in [1.165, 1.54) is 5.57 Å². The summed E-state index contributed by atoms with van der Waals surface area (Å²) in [6.07, 6.45) is 5.69. The summed E-state index contributed by atoms with van der Waals surface area (Å²) >= 11 is 11.0. The van der Waals surface area contributed by atoms with Crippen LogP contribution in [0.5, 0.6) is 0 Å². The zero-order valence-electron chi connectivity index (χ0n) is 9.97. The fourth-order valence-corrected chi connectivity index (χ4v) is 1.28. The average Bonchev–Trinajstić information content (AvgIpc) is 2.22. The second-order valence-electron chi connectivity index (χ2n) is 3.35. The van der Waals surface area contributed by atoms with Gasteiger partial charge in [0.05, 0.1) is 19.8 Å². The van der Waals surface area contributed by atoms with Crippen molar-refractivity contribution in [2.24, 2.45) is 0 Å². The number of hydrogen-bond donors (Lipinski definition) is 0. The zero-order valence-corrected chi connectivity index (χ0v) is 11.5. The van der Waals surface area contributed by atoms with E-state index in [4.69, 9.17) is 32.7 Å². The molecule has 0 amide bonds. The molecule has 94 valence electrons. The molecule has 0 unspecified atom stereocenters. The van der Waals surface area contributed by atoms with Gasteiger partial charge >= 0.3 is 0 Å². The lowest BCUT2D eigenvalue weighted by Gasteiger charge is -2.02. The van der Waals surface area contributed by atoms with Crippen molar-refractivity contribution in [2.75, 3.05) is 26.4 Å². The van der Waals surface area contributed by atoms with Crippen molar-refractivity contribution in [1.82, 2.24) is 0 Å². The third-order valence-electron chi connectivity index (χ3n) is 1.96. The first kappa shape index (κ1) is 16.0. The predicted octanol–water partition coefficient (Wildman–Crippen LogP) is 4.09. The Morgan fingerprint density at radius 3 is 2.44 bits per heavy atom. The Morgan fingerprint density at radius 1 is 1.12 bits per heavy atom. The zero-order chi connectivity index (χ0) is 12.2. The normalized spacial score (nSPS) is 11.6. The molecule has 0 aliphatic heterocycles. The number of halogens is 2. The smallest absolute Gasteiger partial charge is 0.102 e. The van der Waals surface area contributed by atoms with Crippen molar-refractivity contribution in [3.63, 3.8) is 0 Å². The SMILES string of the molecule is CCOCCOCC=C(C)CCC=C(Cl)Cl. The highest BCUT2D eigenvalue weighted by atomic mass is 35.5. The molecule has 0 atom stereocenters. The summed E-state index contributed by atoms with van der Waals surface area (Å²) in [7, 11) is 0. The average molecular weight is 267 g/mol. The Kier molecular flexibility index (Phi) is 11.5. The Hall–Kier alpha value is -0.0200. The number of hydrogen-bond acceptors (Lipinski definition) is 2. The first-order chi connectivity index (χ1) is 7.66. The number of rotatable bonds is 9. The fraction of sp³-hybridized carbons (Fsp3) is 0.667. The van der Waals surface area contributed by atoms with E-state index in [1.54, 1.807) is 6.08 Å². The third kappa shape index (κ3) is 12.1. The van der Waals surface area contributed by atoms with Crippen LogP contribution < -0.4 is 0 Å². The molecule has 2 nitrogen and oxygen atoms in total. The molecule has 0 aromatic heterocycles. The maximum Gasteiger partial charge on any atom is 0.102 e. The van der Waals surface area contributed by atoms with Gasteiger partial charge < -0.3 is 9.47 Å². The molecule has 4 heteroatoms. The molecule has 0 fully saturated rings. The first-order valence-corrected chi connectivity index (χ1v) is 6.24. The minimum atomic E-state index is 0.334. The van der Waals surface area contributed by atoms with Gasteiger partial charge in [-0.05, 0) is 26.7 Å². The molecule has 16 heavy (non-hydrogen) atoms. The molecular formula is C12H20Cl2O2. The van der Waals surface area contributed by atoms with Gasteiger partial charge in [-0.15, -0.1) is 0 Å². The lowest BCUT2D eigenvalue weighted by Crippen LogP contribution is -2.03. The van der Waals surface area contributed by atoms with E-state index in [2.05, 4.69) is 13.0 Å². The van der Waals surface area contributed by atoms with Gasteiger partial charge in [-0.2, -0.15) is 0 Å². The summed E-state index contributed by atoms with van der Waals surface area (Å²) in [5, 5.41) is 0. The van der Waals surface area contributed by atoms with Crippen LogP contribution in [0.4, 0.5) is 0 Å². The second kappa shape index (κ2) is 11.5. The van der Waals surface area contributed by atoms with Crippen molar-refractivity contribution in [3.8, 4) is 0 Å². The van der Waals surface area contributed by atoms with Crippen LogP contribution in [0.2, 0.25) is 0 Å². The molecule has 0 bridgehead atoms. The molecule has 0 radical (unpaired) electrons. The van der Waals surface area contributed by atoms with Crippen LogP contribution in [0.1, 0.15) is 26.7 Å². The minimum absolute atomic E-state index is 0.334. The van der Waals surface area contributed by atoms with Crippen LogP contribution in [-0.4, -0.2) is 26.4 Å². The Balaban J connectivity index is 3.44. The summed E-state index contributed by atoms with van der Waals surface area (Å²) < 4.78 is 10.8. The lowest BCUT2D eigenvalue weighted by molar-refractivity contribution is 0.0642. The van der Waals surface area contributed by atoms with Gasteiger partial charge in [0.1, 0.15) is 4.49 Å². The topological polar surface area (TPSA) is 18.5 Å². The first-order valence-electron chi connectivity index (χ1n) is 5.49. The van der Waals surface area contributed by atoms with Crippen molar-refractivity contribution in [3.05, 3.63) is 22.2 Å². The largest absolute Gasteiger partial charge is 0.379 e. The number of allylic oxidation sites excluding steroid dienone is 2. The molecule has 0 N–H and O–H groups in total. The van der Waals surface area contributed by atoms with Crippen molar-refractivity contribution >= 4 is 23.2 Å². The molecule has 0 spiro atoms. The van der Waals surface area contributed by atoms with Crippen molar-refractivity contribution < 1.29 is 9.47 Å². The van der Waals surface area contributed by atoms with E-state index in [1.807, 2.05) is 6.92 Å². The standard InChI is InChI=1S/C12H20Cl2O2/c1-3-15-9-10-16-8-7-11(2)5-4-6-12(13)14/h6-7H,3-5,8-10H2,1-2H3. The molecular weight excluding hydrogens is 247 g/mol. The second-order valence-corrected chi connectivity index (χ2v) is 4.36. The summed E-state index contributed by atoms with van der Waals surface area (Å²) in [5.41, 5.74) is 1.28. The quantitative estimate of drug-likeness (QED) is 0.463. The Morgan fingerprint density at radius 2 is 1.81 bits per heavy atom. The third-order valence-corrected chi connectivity index (χ3v) is 2.27. The van der Waals surface area contributed by atoms with Gasteiger partial charge in [0.25, 0.3) is 0 Å². The highest BCUT2D eigenvalue weighted by Crippen LogP contribution is 2.11. The lowest BCUT2D eigenvalue weighted by atomic mass is 10.1. The van der Waals surface area contributed by atoms with E-state index in [-0.39, 0.29) is 0 Å². The van der Waals surface area contributed by atoms with Gasteiger partial charge in [-0.25, -0.2) is 0 Å². The van der Waals surface area contributed by atoms with Crippen LogP contribution >= 0.6 is 23.2 Å². The maximum atomic E-state index is 5.50. The van der Waals surface area contributed by atoms with Gasteiger partial charge in [0, 0.05) is 6.61 Å². The summed E-state index contributed by atoms with van der Waals surface area (Å²) in [4.78, 5) is 0. The van der Waals surface area contributed by atoms with Crippen molar-refractivity contribution in [1.29, 1.82) is 0 Å². The summed E-state index contributed by atoms with van der Waals surface area (Å²) in [6.45, 7) is 6.72. The van der Waals surface area contributed by atoms with Gasteiger partial charge in [-0.1, -0.05) is 40.9 Å². The highest BCUT2D eigenvalue weighted by Gasteiger charge is 1.91. The molecule has 0 aromatic rings. The van der Waals surface area contributed by atoms with E-state index in [0.29, 0.717) is 24.3 Å². The summed E-state index contributed by atoms with van der Waals surface area (Å²) in [6, 6.07) is 0. The Bertz CT molecular complexity index is 221. The van der Waals surface area contributed by atoms with Gasteiger partial charge in [-0.3, -0.25) is 0 Å². The van der Waals surface area contributed by atoms with Gasteiger partial charge in [0.15, 0.2) is 0 Å². The highest BCUT2D eigenvalue weighted by molar-refractivity contribution is 6.55. The molecule has 0 rings (SSSR count). The van der Waals surface area contributed by atoms with Crippen LogP contribution in [0.3, 0.4) is 0 Å². The van der Waals surface area contributed by atoms with E-state index < -0.39 is 0 Å². The van der Waals surface area contributed by atoms with Gasteiger partial charge in [0.2, 0.25) is 0 Å². The van der Waals surface area contributed by atoms with Crippen LogP contribution in [0.15, 0.2) is 22.2 Å².